The van der Waals surface area contributed by atoms with Crippen LogP contribution in [0.2, 0.25) is 5.02 Å². The molecule has 0 unspecified atom stereocenters. The van der Waals surface area contributed by atoms with Gasteiger partial charge in [0.05, 0.1) is 6.54 Å². The zero-order valence-corrected chi connectivity index (χ0v) is 12.1. The highest BCUT2D eigenvalue weighted by Crippen LogP contribution is 2.13. The Morgan fingerprint density at radius 2 is 1.95 bits per heavy atom. The van der Waals surface area contributed by atoms with Crippen molar-refractivity contribution in [2.24, 2.45) is 0 Å². The van der Waals surface area contributed by atoms with Gasteiger partial charge in [-0.25, -0.2) is 9.69 Å². The van der Waals surface area contributed by atoms with Crippen molar-refractivity contribution >= 4 is 23.6 Å². The molecule has 0 aliphatic carbocycles. The molecule has 1 aliphatic rings. The minimum Gasteiger partial charge on any atom is -0.447 e. The monoisotopic (exact) mass is 295 g/mol. The number of halogens is 1. The quantitative estimate of drug-likeness (QED) is 0.756. The number of amides is 2. The van der Waals surface area contributed by atoms with E-state index in [2.05, 4.69) is 0 Å². The minimum absolute atomic E-state index is 0.126. The Balaban J connectivity index is 1.60. The molecular weight excluding hydrogens is 278 g/mol. The number of carbonyl (C=O) groups is 2. The van der Waals surface area contributed by atoms with Crippen LogP contribution in [0.1, 0.15) is 31.2 Å². The average Bonchev–Trinajstić information content (AvgIpc) is 2.86. The van der Waals surface area contributed by atoms with Crippen molar-refractivity contribution in [2.45, 2.75) is 32.1 Å². The number of nitrogens with zero attached hydrogens (tertiary/aromatic N) is 1. The van der Waals surface area contributed by atoms with E-state index in [9.17, 15) is 9.59 Å². The van der Waals surface area contributed by atoms with Crippen molar-refractivity contribution in [1.29, 1.82) is 0 Å². The fourth-order valence-electron chi connectivity index (χ4n) is 2.19. The summed E-state index contributed by atoms with van der Waals surface area (Å²) in [6.07, 6.45) is 3.69. The molecule has 2 rings (SSSR count). The maximum atomic E-state index is 11.7. The normalized spacial score (nSPS) is 14.4. The van der Waals surface area contributed by atoms with Crippen molar-refractivity contribution in [3.63, 3.8) is 0 Å². The van der Waals surface area contributed by atoms with Gasteiger partial charge in [-0.3, -0.25) is 4.79 Å². The van der Waals surface area contributed by atoms with Gasteiger partial charge in [0, 0.05) is 11.4 Å². The summed E-state index contributed by atoms with van der Waals surface area (Å²) < 4.78 is 4.74. The maximum absolute atomic E-state index is 11.7. The number of carbonyl (C=O) groups excluding carboxylic acids is 2. The van der Waals surface area contributed by atoms with Crippen LogP contribution in [-0.4, -0.2) is 30.1 Å². The lowest BCUT2D eigenvalue weighted by Crippen LogP contribution is -2.31. The van der Waals surface area contributed by atoms with Crippen LogP contribution in [0, 0.1) is 0 Å². The highest BCUT2D eigenvalue weighted by Gasteiger charge is 2.27. The molecule has 1 aromatic rings. The predicted octanol–water partition coefficient (Wildman–Crippen LogP) is 3.42. The molecule has 1 fully saturated rings. The summed E-state index contributed by atoms with van der Waals surface area (Å²) in [6.45, 7) is 0.712. The van der Waals surface area contributed by atoms with E-state index in [4.69, 9.17) is 16.3 Å². The van der Waals surface area contributed by atoms with Gasteiger partial charge in [-0.05, 0) is 37.0 Å². The Morgan fingerprint density at radius 1 is 1.20 bits per heavy atom. The number of unbranched alkanes of at least 4 members (excludes halogenated alkanes) is 2. The van der Waals surface area contributed by atoms with Gasteiger partial charge in [0.15, 0.2) is 0 Å². The van der Waals surface area contributed by atoms with Gasteiger partial charge in [0.25, 0.3) is 0 Å². The van der Waals surface area contributed by atoms with Gasteiger partial charge in [0.2, 0.25) is 5.91 Å². The van der Waals surface area contributed by atoms with Crippen LogP contribution in [0.25, 0.3) is 0 Å². The van der Waals surface area contributed by atoms with E-state index in [1.54, 1.807) is 0 Å². The molecule has 20 heavy (non-hydrogen) atoms. The second-order valence-electron chi connectivity index (χ2n) is 4.85. The van der Waals surface area contributed by atoms with E-state index < -0.39 is 6.09 Å². The molecule has 0 bridgehead atoms. The Hall–Kier alpha value is -1.55. The zero-order valence-electron chi connectivity index (χ0n) is 11.3. The Labute approximate surface area is 123 Å². The summed E-state index contributed by atoms with van der Waals surface area (Å²) in [5, 5.41) is 0.747. The molecule has 0 atom stereocenters. The Morgan fingerprint density at radius 3 is 2.60 bits per heavy atom. The number of aryl methyl sites for hydroxylation is 1. The standard InChI is InChI=1S/C15H18ClNO3/c16-13-8-6-12(7-9-13)4-2-1-3-5-14(18)17-10-11-20-15(17)19/h6-9H,1-5,10-11H2. The number of benzene rings is 1. The van der Waals surface area contributed by atoms with Crippen molar-refractivity contribution in [1.82, 2.24) is 4.90 Å². The van der Waals surface area contributed by atoms with Gasteiger partial charge < -0.3 is 4.74 Å². The van der Waals surface area contributed by atoms with Crippen molar-refractivity contribution in [3.05, 3.63) is 34.9 Å². The van der Waals surface area contributed by atoms with Crippen LogP contribution in [0.3, 0.4) is 0 Å². The topological polar surface area (TPSA) is 46.6 Å². The molecule has 2 amide bonds. The fourth-order valence-corrected chi connectivity index (χ4v) is 2.31. The number of hydrogen-bond donors (Lipinski definition) is 0. The molecule has 0 N–H and O–H groups in total. The average molecular weight is 296 g/mol. The zero-order chi connectivity index (χ0) is 14.4. The second-order valence-corrected chi connectivity index (χ2v) is 5.28. The van der Waals surface area contributed by atoms with E-state index in [0.717, 1.165) is 30.7 Å². The van der Waals surface area contributed by atoms with Crippen molar-refractivity contribution in [3.8, 4) is 0 Å². The lowest BCUT2D eigenvalue weighted by molar-refractivity contribution is -0.127. The largest absolute Gasteiger partial charge is 0.447 e. The summed E-state index contributed by atoms with van der Waals surface area (Å²) in [5.74, 6) is -0.126. The molecule has 4 nitrogen and oxygen atoms in total. The van der Waals surface area contributed by atoms with Gasteiger partial charge in [0.1, 0.15) is 6.61 Å². The molecule has 0 spiro atoms. The number of imide groups is 1. The molecule has 0 radical (unpaired) electrons. The predicted molar refractivity (Wildman–Crippen MR) is 76.7 cm³/mol. The molecule has 1 heterocycles. The third-order valence-electron chi connectivity index (χ3n) is 3.33. The molecule has 0 aromatic heterocycles. The summed E-state index contributed by atoms with van der Waals surface area (Å²) in [6, 6.07) is 7.82. The molecule has 108 valence electrons. The highest BCUT2D eigenvalue weighted by molar-refractivity contribution is 6.30. The van der Waals surface area contributed by atoms with Crippen LogP contribution in [-0.2, 0) is 16.0 Å². The minimum atomic E-state index is -0.504. The number of ether oxygens (including phenoxy) is 1. The summed E-state index contributed by atoms with van der Waals surface area (Å²) in [7, 11) is 0. The number of hydrogen-bond acceptors (Lipinski definition) is 3. The molecular formula is C15H18ClNO3. The molecule has 1 aliphatic heterocycles. The summed E-state index contributed by atoms with van der Waals surface area (Å²) >= 11 is 5.82. The van der Waals surface area contributed by atoms with E-state index in [1.165, 1.54) is 10.5 Å². The third kappa shape index (κ3) is 4.23. The lowest BCUT2D eigenvalue weighted by atomic mass is 10.1. The molecule has 1 saturated heterocycles. The number of cyclic esters (lactones) is 1. The number of rotatable bonds is 6. The van der Waals surface area contributed by atoms with Crippen LogP contribution in [0.4, 0.5) is 4.79 Å². The van der Waals surface area contributed by atoms with Crippen LogP contribution in [0.5, 0.6) is 0 Å². The fraction of sp³-hybridized carbons (Fsp3) is 0.467. The molecule has 5 heteroatoms. The first-order valence-corrected chi connectivity index (χ1v) is 7.26. The van der Waals surface area contributed by atoms with Crippen LogP contribution >= 0.6 is 11.6 Å². The van der Waals surface area contributed by atoms with E-state index in [1.807, 2.05) is 24.3 Å². The SMILES string of the molecule is O=C(CCCCCc1ccc(Cl)cc1)N1CCOC1=O. The first kappa shape index (κ1) is 14.9. The summed E-state index contributed by atoms with van der Waals surface area (Å²) in [5.41, 5.74) is 1.25. The first-order valence-electron chi connectivity index (χ1n) is 6.88. The van der Waals surface area contributed by atoms with Crippen molar-refractivity contribution in [2.75, 3.05) is 13.2 Å². The second kappa shape index (κ2) is 7.29. The first-order chi connectivity index (χ1) is 9.66. The maximum Gasteiger partial charge on any atom is 0.416 e. The van der Waals surface area contributed by atoms with Crippen LogP contribution in [0.15, 0.2) is 24.3 Å². The van der Waals surface area contributed by atoms with Crippen molar-refractivity contribution < 1.29 is 14.3 Å². The lowest BCUT2D eigenvalue weighted by Gasteiger charge is -2.10. The van der Waals surface area contributed by atoms with Gasteiger partial charge in [-0.15, -0.1) is 0 Å². The molecule has 0 saturated carbocycles. The van der Waals surface area contributed by atoms with Crippen LogP contribution < -0.4 is 0 Å². The third-order valence-corrected chi connectivity index (χ3v) is 3.58. The highest BCUT2D eigenvalue weighted by atomic mass is 35.5. The van der Waals surface area contributed by atoms with Gasteiger partial charge in [-0.1, -0.05) is 30.2 Å². The van der Waals surface area contributed by atoms with E-state index in [0.29, 0.717) is 19.6 Å². The van der Waals surface area contributed by atoms with Gasteiger partial charge in [-0.2, -0.15) is 0 Å². The molecule has 1 aromatic carbocycles. The Bertz CT molecular complexity index is 473. The van der Waals surface area contributed by atoms with Gasteiger partial charge >= 0.3 is 6.09 Å². The smallest absolute Gasteiger partial charge is 0.416 e. The summed E-state index contributed by atoms with van der Waals surface area (Å²) in [4.78, 5) is 24.1. The Kier molecular flexibility index (Phi) is 5.41. The van der Waals surface area contributed by atoms with E-state index >= 15 is 0 Å². The van der Waals surface area contributed by atoms with E-state index in [-0.39, 0.29) is 5.91 Å².